The zero-order valence-corrected chi connectivity index (χ0v) is 11.1. The number of carboxylic acid groups (broad SMARTS) is 1. The van der Waals surface area contributed by atoms with Crippen molar-refractivity contribution in [3.8, 4) is 0 Å². The fourth-order valence-corrected chi connectivity index (χ4v) is 2.33. The van der Waals surface area contributed by atoms with Gasteiger partial charge in [0.2, 0.25) is 5.43 Å². The molecule has 0 saturated carbocycles. The fourth-order valence-electron chi connectivity index (χ4n) is 2.33. The molecule has 0 amide bonds. The van der Waals surface area contributed by atoms with Gasteiger partial charge in [0.15, 0.2) is 0 Å². The third kappa shape index (κ3) is 2.43. The van der Waals surface area contributed by atoms with Crippen molar-refractivity contribution < 1.29 is 9.90 Å². The van der Waals surface area contributed by atoms with Crippen LogP contribution in [-0.4, -0.2) is 25.4 Å². The summed E-state index contributed by atoms with van der Waals surface area (Å²) in [7, 11) is 0. The Bertz CT molecular complexity index is 850. The SMILES string of the molecule is O=C(O)c1cn(CCn2cccn2)c2ccccc2c1=O. The van der Waals surface area contributed by atoms with Gasteiger partial charge < -0.3 is 9.67 Å². The summed E-state index contributed by atoms with van der Waals surface area (Å²) in [6.45, 7) is 1.13. The lowest BCUT2D eigenvalue weighted by molar-refractivity contribution is 0.0695. The average Bonchev–Trinajstić information content (AvgIpc) is 3.00. The number of carboxylic acids is 1. The lowest BCUT2D eigenvalue weighted by Gasteiger charge is -2.12. The normalized spacial score (nSPS) is 10.9. The van der Waals surface area contributed by atoms with E-state index < -0.39 is 11.4 Å². The van der Waals surface area contributed by atoms with E-state index in [4.69, 9.17) is 0 Å². The first-order chi connectivity index (χ1) is 10.2. The smallest absolute Gasteiger partial charge is 0.341 e. The number of para-hydroxylation sites is 1. The first-order valence-corrected chi connectivity index (χ1v) is 6.50. The molecule has 6 heteroatoms. The number of aromatic carboxylic acids is 1. The fraction of sp³-hybridized carbons (Fsp3) is 0.133. The largest absolute Gasteiger partial charge is 0.477 e. The molecule has 0 unspecified atom stereocenters. The van der Waals surface area contributed by atoms with Crippen LogP contribution >= 0.6 is 0 Å². The number of pyridine rings is 1. The maximum Gasteiger partial charge on any atom is 0.341 e. The van der Waals surface area contributed by atoms with Gasteiger partial charge in [0.1, 0.15) is 5.56 Å². The number of rotatable bonds is 4. The summed E-state index contributed by atoms with van der Waals surface area (Å²) in [5.41, 5.74) is 0.0576. The van der Waals surface area contributed by atoms with E-state index in [0.717, 1.165) is 5.52 Å². The van der Waals surface area contributed by atoms with Crippen LogP contribution in [-0.2, 0) is 13.1 Å². The van der Waals surface area contributed by atoms with Crippen LogP contribution in [0.15, 0.2) is 53.7 Å². The molecule has 0 atom stereocenters. The Morgan fingerprint density at radius 1 is 1.19 bits per heavy atom. The Morgan fingerprint density at radius 2 is 2.00 bits per heavy atom. The molecule has 1 N–H and O–H groups in total. The monoisotopic (exact) mass is 283 g/mol. The number of hydrogen-bond acceptors (Lipinski definition) is 3. The number of aromatic nitrogens is 3. The third-order valence-electron chi connectivity index (χ3n) is 3.35. The van der Waals surface area contributed by atoms with Crippen LogP contribution in [0.2, 0.25) is 0 Å². The molecule has 106 valence electrons. The van der Waals surface area contributed by atoms with Crippen LogP contribution in [0.25, 0.3) is 10.9 Å². The molecular weight excluding hydrogens is 270 g/mol. The average molecular weight is 283 g/mol. The Balaban J connectivity index is 2.10. The molecule has 6 nitrogen and oxygen atoms in total. The molecule has 0 radical (unpaired) electrons. The van der Waals surface area contributed by atoms with Gasteiger partial charge in [-0.2, -0.15) is 5.10 Å². The lowest BCUT2D eigenvalue weighted by Crippen LogP contribution is -2.20. The molecule has 0 aliphatic rings. The predicted molar refractivity (Wildman–Crippen MR) is 77.4 cm³/mol. The Hall–Kier alpha value is -2.89. The second-order valence-corrected chi connectivity index (χ2v) is 4.66. The van der Waals surface area contributed by atoms with Crippen molar-refractivity contribution in [3.05, 3.63) is 64.7 Å². The number of carbonyl (C=O) groups is 1. The predicted octanol–water partition coefficient (Wildman–Crippen LogP) is 1.60. The minimum absolute atomic E-state index is 0.214. The molecule has 1 aromatic carbocycles. The van der Waals surface area contributed by atoms with Gasteiger partial charge in [0.05, 0.1) is 12.1 Å². The topological polar surface area (TPSA) is 77.1 Å². The van der Waals surface area contributed by atoms with Crippen molar-refractivity contribution in [3.63, 3.8) is 0 Å². The van der Waals surface area contributed by atoms with E-state index in [-0.39, 0.29) is 5.56 Å². The summed E-state index contributed by atoms with van der Waals surface area (Å²) >= 11 is 0. The molecule has 2 aromatic heterocycles. The maximum absolute atomic E-state index is 12.1. The quantitative estimate of drug-likeness (QED) is 0.789. The summed E-state index contributed by atoms with van der Waals surface area (Å²) < 4.78 is 3.54. The van der Waals surface area contributed by atoms with Crippen LogP contribution in [0.4, 0.5) is 0 Å². The molecular formula is C15H13N3O3. The highest BCUT2D eigenvalue weighted by molar-refractivity contribution is 5.92. The molecule has 0 aliphatic heterocycles. The van der Waals surface area contributed by atoms with Gasteiger partial charge in [0, 0.05) is 30.5 Å². The molecule has 0 spiro atoms. The highest BCUT2D eigenvalue weighted by atomic mass is 16.4. The summed E-state index contributed by atoms with van der Waals surface area (Å²) in [6.07, 6.45) is 4.92. The Labute approximate surface area is 119 Å². The van der Waals surface area contributed by atoms with Crippen LogP contribution in [0.1, 0.15) is 10.4 Å². The highest BCUT2D eigenvalue weighted by Gasteiger charge is 2.13. The van der Waals surface area contributed by atoms with Crippen molar-refractivity contribution in [2.75, 3.05) is 0 Å². The van der Waals surface area contributed by atoms with E-state index in [0.29, 0.717) is 18.5 Å². The van der Waals surface area contributed by atoms with E-state index >= 15 is 0 Å². The van der Waals surface area contributed by atoms with Gasteiger partial charge >= 0.3 is 5.97 Å². The zero-order valence-electron chi connectivity index (χ0n) is 11.1. The van der Waals surface area contributed by atoms with E-state index in [1.807, 2.05) is 24.4 Å². The van der Waals surface area contributed by atoms with Crippen LogP contribution in [0.5, 0.6) is 0 Å². The first kappa shape index (κ1) is 13.1. The summed E-state index contributed by atoms with van der Waals surface area (Å²) in [6, 6.07) is 8.84. The standard InChI is InChI=1S/C15H13N3O3/c19-14-11-4-1-2-5-13(11)17(10-12(14)15(20)21)8-9-18-7-3-6-16-18/h1-7,10H,8-9H2,(H,20,21). The van der Waals surface area contributed by atoms with Gasteiger partial charge in [-0.05, 0) is 18.2 Å². The minimum atomic E-state index is -1.21. The first-order valence-electron chi connectivity index (χ1n) is 6.50. The number of hydrogen-bond donors (Lipinski definition) is 1. The van der Waals surface area contributed by atoms with Gasteiger partial charge in [-0.1, -0.05) is 12.1 Å². The van der Waals surface area contributed by atoms with E-state index in [9.17, 15) is 14.7 Å². The number of nitrogens with zero attached hydrogens (tertiary/aromatic N) is 3. The van der Waals surface area contributed by atoms with Gasteiger partial charge in [-0.3, -0.25) is 9.48 Å². The molecule has 21 heavy (non-hydrogen) atoms. The molecule has 3 aromatic rings. The summed E-state index contributed by atoms with van der Waals surface area (Å²) in [4.78, 5) is 23.4. The van der Waals surface area contributed by atoms with Crippen molar-refractivity contribution in [1.82, 2.24) is 14.3 Å². The van der Waals surface area contributed by atoms with Gasteiger partial charge in [-0.15, -0.1) is 0 Å². The number of aryl methyl sites for hydroxylation is 2. The van der Waals surface area contributed by atoms with Crippen molar-refractivity contribution in [2.24, 2.45) is 0 Å². The Kier molecular flexibility index (Phi) is 3.27. The van der Waals surface area contributed by atoms with E-state index in [1.165, 1.54) is 6.20 Å². The van der Waals surface area contributed by atoms with Crippen molar-refractivity contribution in [1.29, 1.82) is 0 Å². The van der Waals surface area contributed by atoms with Crippen molar-refractivity contribution in [2.45, 2.75) is 13.1 Å². The second-order valence-electron chi connectivity index (χ2n) is 4.66. The van der Waals surface area contributed by atoms with E-state index in [2.05, 4.69) is 5.10 Å². The number of fused-ring (bicyclic) bond motifs is 1. The maximum atomic E-state index is 12.1. The summed E-state index contributed by atoms with van der Waals surface area (Å²) in [5.74, 6) is -1.21. The second kappa shape index (κ2) is 5.24. The molecule has 0 fully saturated rings. The lowest BCUT2D eigenvalue weighted by atomic mass is 10.1. The van der Waals surface area contributed by atoms with Crippen molar-refractivity contribution >= 4 is 16.9 Å². The molecule has 2 heterocycles. The summed E-state index contributed by atoms with van der Waals surface area (Å²) in [5, 5.41) is 13.7. The molecule has 3 rings (SSSR count). The van der Waals surface area contributed by atoms with Gasteiger partial charge in [0.25, 0.3) is 0 Å². The Morgan fingerprint density at radius 3 is 2.71 bits per heavy atom. The molecule has 0 aliphatic carbocycles. The van der Waals surface area contributed by atoms with Gasteiger partial charge in [-0.25, -0.2) is 4.79 Å². The van der Waals surface area contributed by atoms with E-state index in [1.54, 1.807) is 27.6 Å². The zero-order chi connectivity index (χ0) is 14.8. The number of benzene rings is 1. The van der Waals surface area contributed by atoms with Crippen LogP contribution in [0, 0.1) is 0 Å². The highest BCUT2D eigenvalue weighted by Crippen LogP contribution is 2.12. The van der Waals surface area contributed by atoms with Crippen LogP contribution in [0.3, 0.4) is 0 Å². The third-order valence-corrected chi connectivity index (χ3v) is 3.35. The van der Waals surface area contributed by atoms with Crippen LogP contribution < -0.4 is 5.43 Å². The molecule has 0 saturated heterocycles. The molecule has 0 bridgehead atoms. The minimum Gasteiger partial charge on any atom is -0.477 e.